The van der Waals surface area contributed by atoms with Gasteiger partial charge in [0.25, 0.3) is 5.91 Å². The summed E-state index contributed by atoms with van der Waals surface area (Å²) in [5.74, 6) is 0.446. The summed E-state index contributed by atoms with van der Waals surface area (Å²) in [5, 5.41) is 14.1. The molecule has 2 aromatic rings. The minimum absolute atomic E-state index is 0. The van der Waals surface area contributed by atoms with Crippen LogP contribution in [0.15, 0.2) is 24.4 Å². The molecular formula is C19H26ClN5O2. The van der Waals surface area contributed by atoms with E-state index in [9.17, 15) is 9.59 Å². The van der Waals surface area contributed by atoms with Crippen molar-refractivity contribution in [2.75, 3.05) is 26.2 Å². The number of halogens is 1. The Labute approximate surface area is 164 Å². The SMILES string of the molecule is Cl.O=C(NCC1CCCN(C(=O)c2cccc3[nH]ncc23)C1)C1CCCN1. The lowest BCUT2D eigenvalue weighted by atomic mass is 9.96. The first kappa shape index (κ1) is 19.6. The molecule has 0 radical (unpaired) electrons. The Balaban J connectivity index is 0.00000210. The van der Waals surface area contributed by atoms with E-state index in [1.807, 2.05) is 23.1 Å². The maximum absolute atomic E-state index is 13.0. The van der Waals surface area contributed by atoms with Crippen molar-refractivity contribution in [1.82, 2.24) is 25.7 Å². The Morgan fingerprint density at radius 3 is 2.96 bits per heavy atom. The van der Waals surface area contributed by atoms with Crippen LogP contribution in [0.4, 0.5) is 0 Å². The topological polar surface area (TPSA) is 90.1 Å². The molecule has 0 saturated carbocycles. The molecule has 27 heavy (non-hydrogen) atoms. The Morgan fingerprint density at radius 2 is 2.15 bits per heavy atom. The Hall–Kier alpha value is -2.12. The van der Waals surface area contributed by atoms with Gasteiger partial charge in [0.2, 0.25) is 5.91 Å². The van der Waals surface area contributed by atoms with E-state index in [0.29, 0.717) is 24.6 Å². The number of hydrogen-bond donors (Lipinski definition) is 3. The van der Waals surface area contributed by atoms with Crippen molar-refractivity contribution in [1.29, 1.82) is 0 Å². The molecular weight excluding hydrogens is 366 g/mol. The number of aromatic amines is 1. The normalized spacial score (nSPS) is 22.4. The molecule has 146 valence electrons. The highest BCUT2D eigenvalue weighted by atomic mass is 35.5. The van der Waals surface area contributed by atoms with Crippen LogP contribution in [0.3, 0.4) is 0 Å². The summed E-state index contributed by atoms with van der Waals surface area (Å²) in [6.45, 7) is 3.01. The number of fused-ring (bicyclic) bond motifs is 1. The zero-order valence-electron chi connectivity index (χ0n) is 15.2. The number of aromatic nitrogens is 2. The fourth-order valence-corrected chi connectivity index (χ4v) is 4.02. The third kappa shape index (κ3) is 4.25. The van der Waals surface area contributed by atoms with Gasteiger partial charge in [-0.25, -0.2) is 0 Å². The molecule has 3 heterocycles. The summed E-state index contributed by atoms with van der Waals surface area (Å²) >= 11 is 0. The van der Waals surface area contributed by atoms with Gasteiger partial charge in [-0.1, -0.05) is 6.07 Å². The summed E-state index contributed by atoms with van der Waals surface area (Å²) in [4.78, 5) is 27.1. The van der Waals surface area contributed by atoms with Gasteiger partial charge in [-0.2, -0.15) is 5.10 Å². The highest BCUT2D eigenvalue weighted by molar-refractivity contribution is 6.06. The van der Waals surface area contributed by atoms with Crippen LogP contribution < -0.4 is 10.6 Å². The lowest BCUT2D eigenvalue weighted by Gasteiger charge is -2.33. The van der Waals surface area contributed by atoms with Crippen molar-refractivity contribution in [3.05, 3.63) is 30.0 Å². The average molecular weight is 392 g/mol. The van der Waals surface area contributed by atoms with Gasteiger partial charge in [-0.3, -0.25) is 14.7 Å². The fraction of sp³-hybridized carbons (Fsp3) is 0.526. The maximum atomic E-state index is 13.0. The molecule has 2 aliphatic rings. The van der Waals surface area contributed by atoms with Gasteiger partial charge in [0.05, 0.1) is 23.3 Å². The van der Waals surface area contributed by atoms with Crippen molar-refractivity contribution in [2.24, 2.45) is 5.92 Å². The smallest absolute Gasteiger partial charge is 0.254 e. The Kier molecular flexibility index (Phi) is 6.34. The predicted octanol–water partition coefficient (Wildman–Crippen LogP) is 1.71. The maximum Gasteiger partial charge on any atom is 0.254 e. The van der Waals surface area contributed by atoms with Crippen LogP contribution in [-0.2, 0) is 4.79 Å². The van der Waals surface area contributed by atoms with Crippen molar-refractivity contribution in [2.45, 2.75) is 31.7 Å². The first-order valence-electron chi connectivity index (χ1n) is 9.45. The number of likely N-dealkylation sites (tertiary alicyclic amines) is 1. The molecule has 2 aliphatic heterocycles. The number of nitrogens with one attached hydrogen (secondary N) is 3. The lowest BCUT2D eigenvalue weighted by molar-refractivity contribution is -0.123. The van der Waals surface area contributed by atoms with Gasteiger partial charge in [0.1, 0.15) is 0 Å². The molecule has 0 aliphatic carbocycles. The lowest BCUT2D eigenvalue weighted by Crippen LogP contribution is -2.46. The first-order chi connectivity index (χ1) is 12.7. The van der Waals surface area contributed by atoms with Crippen LogP contribution in [0.5, 0.6) is 0 Å². The average Bonchev–Trinajstić information content (AvgIpc) is 3.37. The molecule has 2 unspecified atom stereocenters. The number of rotatable bonds is 4. The summed E-state index contributed by atoms with van der Waals surface area (Å²) < 4.78 is 0. The van der Waals surface area contributed by atoms with E-state index in [1.54, 1.807) is 6.20 Å². The third-order valence-corrected chi connectivity index (χ3v) is 5.46. The molecule has 2 amide bonds. The van der Waals surface area contributed by atoms with E-state index in [1.165, 1.54) is 0 Å². The second-order valence-corrected chi connectivity index (χ2v) is 7.29. The molecule has 7 nitrogen and oxygen atoms in total. The van der Waals surface area contributed by atoms with Crippen LogP contribution in [-0.4, -0.2) is 59.1 Å². The van der Waals surface area contributed by atoms with Crippen LogP contribution >= 0.6 is 12.4 Å². The molecule has 0 bridgehead atoms. The Bertz CT molecular complexity index is 802. The molecule has 8 heteroatoms. The van der Waals surface area contributed by atoms with Gasteiger partial charge in [-0.05, 0) is 50.3 Å². The largest absolute Gasteiger partial charge is 0.354 e. The molecule has 2 saturated heterocycles. The number of H-pyrrole nitrogens is 1. The quantitative estimate of drug-likeness (QED) is 0.740. The number of nitrogens with zero attached hydrogens (tertiary/aromatic N) is 2. The van der Waals surface area contributed by atoms with E-state index in [2.05, 4.69) is 20.8 Å². The number of carbonyl (C=O) groups excluding carboxylic acids is 2. The second kappa shape index (κ2) is 8.71. The molecule has 0 spiro atoms. The number of hydrogen-bond acceptors (Lipinski definition) is 4. The minimum atomic E-state index is -0.0463. The zero-order chi connectivity index (χ0) is 17.9. The molecule has 1 aromatic carbocycles. The van der Waals surface area contributed by atoms with E-state index in [4.69, 9.17) is 0 Å². The van der Waals surface area contributed by atoms with Crippen molar-refractivity contribution in [3.63, 3.8) is 0 Å². The third-order valence-electron chi connectivity index (χ3n) is 5.46. The molecule has 2 atom stereocenters. The zero-order valence-corrected chi connectivity index (χ0v) is 16.1. The van der Waals surface area contributed by atoms with E-state index in [-0.39, 0.29) is 30.3 Å². The van der Waals surface area contributed by atoms with Crippen LogP contribution in [0.1, 0.15) is 36.0 Å². The van der Waals surface area contributed by atoms with Gasteiger partial charge < -0.3 is 15.5 Å². The predicted molar refractivity (Wildman–Crippen MR) is 106 cm³/mol. The van der Waals surface area contributed by atoms with Crippen LogP contribution in [0, 0.1) is 5.92 Å². The highest BCUT2D eigenvalue weighted by Gasteiger charge is 2.27. The Morgan fingerprint density at radius 1 is 1.26 bits per heavy atom. The molecule has 2 fully saturated rings. The second-order valence-electron chi connectivity index (χ2n) is 7.29. The number of piperidine rings is 1. The van der Waals surface area contributed by atoms with Gasteiger partial charge in [0, 0.05) is 25.0 Å². The van der Waals surface area contributed by atoms with E-state index >= 15 is 0 Å². The number of carbonyl (C=O) groups is 2. The van der Waals surface area contributed by atoms with Crippen LogP contribution in [0.25, 0.3) is 10.9 Å². The fourth-order valence-electron chi connectivity index (χ4n) is 4.02. The van der Waals surface area contributed by atoms with Crippen molar-refractivity contribution < 1.29 is 9.59 Å². The molecule has 1 aromatic heterocycles. The monoisotopic (exact) mass is 391 g/mol. The van der Waals surface area contributed by atoms with Gasteiger partial charge in [-0.15, -0.1) is 12.4 Å². The van der Waals surface area contributed by atoms with E-state index in [0.717, 1.165) is 49.7 Å². The summed E-state index contributed by atoms with van der Waals surface area (Å²) in [6, 6.07) is 5.61. The van der Waals surface area contributed by atoms with Crippen molar-refractivity contribution >= 4 is 35.1 Å². The summed E-state index contributed by atoms with van der Waals surface area (Å²) in [7, 11) is 0. The van der Waals surface area contributed by atoms with Crippen LogP contribution in [0.2, 0.25) is 0 Å². The highest BCUT2D eigenvalue weighted by Crippen LogP contribution is 2.22. The van der Waals surface area contributed by atoms with Crippen molar-refractivity contribution in [3.8, 4) is 0 Å². The molecule has 3 N–H and O–H groups in total. The van der Waals surface area contributed by atoms with Gasteiger partial charge >= 0.3 is 0 Å². The van der Waals surface area contributed by atoms with E-state index < -0.39 is 0 Å². The summed E-state index contributed by atoms with van der Waals surface area (Å²) in [5.41, 5.74) is 1.57. The number of amides is 2. The van der Waals surface area contributed by atoms with Gasteiger partial charge in [0.15, 0.2) is 0 Å². The first-order valence-corrected chi connectivity index (χ1v) is 9.45. The molecule has 4 rings (SSSR count). The minimum Gasteiger partial charge on any atom is -0.354 e. The number of benzene rings is 1. The summed E-state index contributed by atoms with van der Waals surface area (Å²) in [6.07, 6.45) is 5.69. The standard InChI is InChI=1S/C19H25N5O2.ClH/c25-18(17-7-2-8-20-17)21-10-13-4-3-9-24(12-13)19(26)14-5-1-6-16-15(14)11-22-23-16;/h1,5-6,11,13,17,20H,2-4,7-10,12H2,(H,21,25)(H,22,23);1H.